The maximum Gasteiger partial charge on any atom is 0.248 e. The van der Waals surface area contributed by atoms with Crippen LogP contribution >= 0.6 is 0 Å². The lowest BCUT2D eigenvalue weighted by atomic mass is 10.2. The van der Waals surface area contributed by atoms with E-state index in [1.165, 1.54) is 13.4 Å². The Morgan fingerprint density at radius 3 is 2.83 bits per heavy atom. The van der Waals surface area contributed by atoms with Crippen molar-refractivity contribution >= 4 is 5.91 Å². The zero-order chi connectivity index (χ0) is 8.81. The number of nitrogens with zero attached hydrogens (tertiary/aromatic N) is 2. The van der Waals surface area contributed by atoms with Gasteiger partial charge in [-0.1, -0.05) is 0 Å². The van der Waals surface area contributed by atoms with Gasteiger partial charge in [0.25, 0.3) is 0 Å². The van der Waals surface area contributed by atoms with Crippen molar-refractivity contribution in [1.82, 2.24) is 15.4 Å². The molecule has 1 aromatic rings. The van der Waals surface area contributed by atoms with Gasteiger partial charge in [-0.15, -0.1) is 0 Å². The first kappa shape index (κ1) is 8.61. The molecule has 12 heavy (non-hydrogen) atoms. The summed E-state index contributed by atoms with van der Waals surface area (Å²) >= 11 is 0. The first-order chi connectivity index (χ1) is 5.83. The van der Waals surface area contributed by atoms with Gasteiger partial charge in [0.05, 0.1) is 13.5 Å². The van der Waals surface area contributed by atoms with Crippen molar-refractivity contribution in [3.05, 3.63) is 24.3 Å². The van der Waals surface area contributed by atoms with E-state index in [1.54, 1.807) is 12.4 Å². The van der Waals surface area contributed by atoms with Gasteiger partial charge in [0.15, 0.2) is 0 Å². The van der Waals surface area contributed by atoms with E-state index in [9.17, 15) is 4.79 Å². The second kappa shape index (κ2) is 4.40. The zero-order valence-electron chi connectivity index (χ0n) is 6.65. The Morgan fingerprint density at radius 2 is 2.25 bits per heavy atom. The van der Waals surface area contributed by atoms with Crippen molar-refractivity contribution in [1.29, 1.82) is 0 Å². The molecule has 64 valence electrons. The molecule has 5 heteroatoms. The van der Waals surface area contributed by atoms with Crippen LogP contribution in [0.5, 0.6) is 0 Å². The Bertz CT molecular complexity index is 250. The number of aromatic nitrogens is 2. The summed E-state index contributed by atoms with van der Waals surface area (Å²) in [4.78, 5) is 22.9. The van der Waals surface area contributed by atoms with Gasteiger partial charge in [0, 0.05) is 12.4 Å². The van der Waals surface area contributed by atoms with Crippen LogP contribution in [-0.2, 0) is 16.1 Å². The molecule has 0 aliphatic rings. The van der Waals surface area contributed by atoms with Gasteiger partial charge in [-0.2, -0.15) is 0 Å². The van der Waals surface area contributed by atoms with Crippen molar-refractivity contribution < 1.29 is 9.63 Å². The molecule has 0 aliphatic heterocycles. The highest BCUT2D eigenvalue weighted by molar-refractivity contribution is 5.77. The number of hydrogen-bond donors (Lipinski definition) is 1. The van der Waals surface area contributed by atoms with E-state index in [4.69, 9.17) is 0 Å². The van der Waals surface area contributed by atoms with E-state index in [2.05, 4.69) is 20.3 Å². The van der Waals surface area contributed by atoms with Gasteiger partial charge < -0.3 is 0 Å². The van der Waals surface area contributed by atoms with E-state index in [-0.39, 0.29) is 12.3 Å². The molecule has 0 unspecified atom stereocenters. The van der Waals surface area contributed by atoms with Crippen molar-refractivity contribution in [3.8, 4) is 0 Å². The molecule has 0 spiro atoms. The molecule has 0 saturated carbocycles. The quantitative estimate of drug-likeness (QED) is 0.627. The fourth-order valence-electron chi connectivity index (χ4n) is 0.757. The number of nitrogens with one attached hydrogen (secondary N) is 1. The summed E-state index contributed by atoms with van der Waals surface area (Å²) in [6.45, 7) is 0. The second-order valence-corrected chi connectivity index (χ2v) is 2.15. The molecular formula is C7H9N3O2. The highest BCUT2D eigenvalue weighted by atomic mass is 16.6. The molecule has 1 heterocycles. The summed E-state index contributed by atoms with van der Waals surface area (Å²) < 4.78 is 0. The van der Waals surface area contributed by atoms with Crippen LogP contribution in [0.1, 0.15) is 5.56 Å². The normalized spacial score (nSPS) is 9.42. The summed E-state index contributed by atoms with van der Waals surface area (Å²) in [6.07, 6.45) is 4.82. The number of amides is 1. The van der Waals surface area contributed by atoms with Crippen LogP contribution in [0.15, 0.2) is 18.7 Å². The minimum Gasteiger partial charge on any atom is -0.277 e. The van der Waals surface area contributed by atoms with Crippen LogP contribution in [0.2, 0.25) is 0 Å². The summed E-state index contributed by atoms with van der Waals surface area (Å²) in [5.74, 6) is -0.215. The van der Waals surface area contributed by atoms with Gasteiger partial charge in [-0.3, -0.25) is 9.63 Å². The first-order valence-electron chi connectivity index (χ1n) is 3.38. The summed E-state index contributed by atoms with van der Waals surface area (Å²) in [5.41, 5.74) is 2.96. The molecule has 0 fully saturated rings. The van der Waals surface area contributed by atoms with Gasteiger partial charge in [0.2, 0.25) is 5.91 Å². The molecule has 0 bridgehead atoms. The Morgan fingerprint density at radius 1 is 1.58 bits per heavy atom. The van der Waals surface area contributed by atoms with Gasteiger partial charge in [0.1, 0.15) is 6.33 Å². The fraction of sp³-hybridized carbons (Fsp3) is 0.286. The molecule has 1 rings (SSSR count). The maximum atomic E-state index is 10.9. The largest absolute Gasteiger partial charge is 0.277 e. The number of hydrogen-bond acceptors (Lipinski definition) is 4. The lowest BCUT2D eigenvalue weighted by Gasteiger charge is -1.99. The topological polar surface area (TPSA) is 64.1 Å². The molecule has 1 N–H and O–H groups in total. The van der Waals surface area contributed by atoms with Crippen LogP contribution in [0, 0.1) is 0 Å². The zero-order valence-corrected chi connectivity index (χ0v) is 6.65. The maximum absolute atomic E-state index is 10.9. The summed E-state index contributed by atoms with van der Waals surface area (Å²) in [7, 11) is 1.39. The Balaban J connectivity index is 2.47. The van der Waals surface area contributed by atoms with Gasteiger partial charge in [-0.05, 0) is 5.56 Å². The van der Waals surface area contributed by atoms with Gasteiger partial charge in [-0.25, -0.2) is 15.4 Å². The fourth-order valence-corrected chi connectivity index (χ4v) is 0.757. The average molecular weight is 167 g/mol. The standard InChI is InChI=1S/C7H9N3O2/c1-12-10-7(11)2-6-3-8-5-9-4-6/h3-5H,2H2,1H3,(H,10,11). The predicted molar refractivity (Wildman–Crippen MR) is 40.9 cm³/mol. The molecular weight excluding hydrogens is 158 g/mol. The highest BCUT2D eigenvalue weighted by Gasteiger charge is 2.01. The number of carbonyl (C=O) groups is 1. The Labute approximate surface area is 69.7 Å². The lowest BCUT2D eigenvalue weighted by molar-refractivity contribution is -0.130. The van der Waals surface area contributed by atoms with Gasteiger partial charge >= 0.3 is 0 Å². The minimum atomic E-state index is -0.215. The number of rotatable bonds is 3. The van der Waals surface area contributed by atoms with Crippen molar-refractivity contribution in [2.75, 3.05) is 7.11 Å². The van der Waals surface area contributed by atoms with Crippen molar-refractivity contribution in [3.63, 3.8) is 0 Å². The summed E-state index contributed by atoms with van der Waals surface area (Å²) in [6, 6.07) is 0. The third kappa shape index (κ3) is 2.63. The van der Waals surface area contributed by atoms with E-state index in [0.29, 0.717) is 0 Å². The van der Waals surface area contributed by atoms with Crippen LogP contribution in [0.25, 0.3) is 0 Å². The Kier molecular flexibility index (Phi) is 3.16. The molecule has 0 atom stereocenters. The van der Waals surface area contributed by atoms with Crippen LogP contribution < -0.4 is 5.48 Å². The molecule has 0 radical (unpaired) electrons. The van der Waals surface area contributed by atoms with E-state index < -0.39 is 0 Å². The molecule has 0 aliphatic carbocycles. The molecule has 1 amide bonds. The number of hydroxylamine groups is 1. The predicted octanol–water partition coefficient (Wildman–Crippen LogP) is -0.303. The molecule has 0 aromatic carbocycles. The SMILES string of the molecule is CONC(=O)Cc1cncnc1. The third-order valence-corrected chi connectivity index (χ3v) is 1.19. The number of carbonyl (C=O) groups excluding carboxylic acids is 1. The molecule has 1 aromatic heterocycles. The molecule has 5 nitrogen and oxygen atoms in total. The van der Waals surface area contributed by atoms with Crippen LogP contribution in [0.4, 0.5) is 0 Å². The van der Waals surface area contributed by atoms with E-state index >= 15 is 0 Å². The van der Waals surface area contributed by atoms with E-state index in [0.717, 1.165) is 5.56 Å². The third-order valence-electron chi connectivity index (χ3n) is 1.19. The van der Waals surface area contributed by atoms with Crippen molar-refractivity contribution in [2.45, 2.75) is 6.42 Å². The molecule has 0 saturated heterocycles. The van der Waals surface area contributed by atoms with Crippen molar-refractivity contribution in [2.24, 2.45) is 0 Å². The van der Waals surface area contributed by atoms with Crippen LogP contribution in [-0.4, -0.2) is 23.0 Å². The monoisotopic (exact) mass is 167 g/mol. The average Bonchev–Trinajstić information content (AvgIpc) is 2.06. The smallest absolute Gasteiger partial charge is 0.248 e. The lowest BCUT2D eigenvalue weighted by Crippen LogP contribution is -2.23. The first-order valence-corrected chi connectivity index (χ1v) is 3.38. The highest BCUT2D eigenvalue weighted by Crippen LogP contribution is 1.93. The minimum absolute atomic E-state index is 0.215. The van der Waals surface area contributed by atoms with Crippen LogP contribution in [0.3, 0.4) is 0 Å². The Hall–Kier alpha value is -1.49. The van der Waals surface area contributed by atoms with E-state index in [1.807, 2.05) is 0 Å². The second-order valence-electron chi connectivity index (χ2n) is 2.15. The summed E-state index contributed by atoms with van der Waals surface area (Å²) in [5, 5.41) is 0.